The van der Waals surface area contributed by atoms with Crippen molar-refractivity contribution in [1.82, 2.24) is 5.32 Å². The topological polar surface area (TPSA) is 12.0 Å². The Bertz CT molecular complexity index is 644. The summed E-state index contributed by atoms with van der Waals surface area (Å²) < 4.78 is 1.43. The van der Waals surface area contributed by atoms with Crippen LogP contribution in [0.25, 0.3) is 10.1 Å². The molecule has 112 valence electrons. The van der Waals surface area contributed by atoms with E-state index in [1.54, 1.807) is 0 Å². The van der Waals surface area contributed by atoms with Gasteiger partial charge in [0.05, 0.1) is 0 Å². The number of benzene rings is 1. The summed E-state index contributed by atoms with van der Waals surface area (Å²) in [5, 5.41) is 5.27. The van der Waals surface area contributed by atoms with Gasteiger partial charge in [0, 0.05) is 15.6 Å². The lowest BCUT2D eigenvalue weighted by atomic mass is 9.88. The van der Waals surface area contributed by atoms with Crippen LogP contribution in [-0.4, -0.2) is 6.54 Å². The van der Waals surface area contributed by atoms with Gasteiger partial charge in [-0.2, -0.15) is 0 Å². The summed E-state index contributed by atoms with van der Waals surface area (Å²) in [6.07, 6.45) is 6.00. The number of fused-ring (bicyclic) bond motifs is 3. The van der Waals surface area contributed by atoms with Gasteiger partial charge >= 0.3 is 0 Å². The molecule has 2 aromatic rings. The molecular formula is C19H25NS. The van der Waals surface area contributed by atoms with Gasteiger partial charge in [0.15, 0.2) is 0 Å². The minimum Gasteiger partial charge on any atom is -0.309 e. The molecule has 1 nitrogen and oxygen atoms in total. The highest BCUT2D eigenvalue weighted by Gasteiger charge is 2.39. The third-order valence-corrected chi connectivity index (χ3v) is 7.30. The number of hydrogen-bond acceptors (Lipinski definition) is 2. The number of aryl methyl sites for hydroxylation is 1. The molecule has 0 radical (unpaired) electrons. The summed E-state index contributed by atoms with van der Waals surface area (Å²) in [6, 6.07) is 9.29. The van der Waals surface area contributed by atoms with Gasteiger partial charge in [-0.1, -0.05) is 24.6 Å². The van der Waals surface area contributed by atoms with E-state index in [2.05, 4.69) is 43.4 Å². The molecule has 0 amide bonds. The standard InChI is InChI=1S/C19H25NS/c1-12-17-5-3-4-6-18(17)21-19(12)13(2)20-11-16-10-14-7-8-15(16)9-14/h3-6,13-16,20H,7-11H2,1-2H3. The highest BCUT2D eigenvalue weighted by Crippen LogP contribution is 2.48. The van der Waals surface area contributed by atoms with Gasteiger partial charge in [-0.15, -0.1) is 11.3 Å². The Hall–Kier alpha value is -0.860. The average molecular weight is 299 g/mol. The third-order valence-electron chi connectivity index (χ3n) is 5.84. The smallest absolute Gasteiger partial charge is 0.0389 e. The first kappa shape index (κ1) is 13.8. The Kier molecular flexibility index (Phi) is 3.55. The molecule has 1 heterocycles. The number of rotatable bonds is 4. The Morgan fingerprint density at radius 1 is 1.24 bits per heavy atom. The first-order valence-corrected chi connectivity index (χ1v) is 9.25. The number of hydrogen-bond donors (Lipinski definition) is 1. The van der Waals surface area contributed by atoms with Gasteiger partial charge in [0.25, 0.3) is 0 Å². The highest BCUT2D eigenvalue weighted by atomic mass is 32.1. The van der Waals surface area contributed by atoms with Crippen molar-refractivity contribution in [3.8, 4) is 0 Å². The van der Waals surface area contributed by atoms with Gasteiger partial charge in [-0.3, -0.25) is 0 Å². The lowest BCUT2D eigenvalue weighted by molar-refractivity contribution is 0.310. The van der Waals surface area contributed by atoms with E-state index in [0.717, 1.165) is 17.8 Å². The quantitative estimate of drug-likeness (QED) is 0.808. The Morgan fingerprint density at radius 2 is 2.10 bits per heavy atom. The third kappa shape index (κ3) is 2.43. The molecule has 4 rings (SSSR count). The maximum Gasteiger partial charge on any atom is 0.0389 e. The van der Waals surface area contributed by atoms with E-state index in [0.29, 0.717) is 6.04 Å². The Morgan fingerprint density at radius 3 is 2.81 bits per heavy atom. The van der Waals surface area contributed by atoms with Crippen molar-refractivity contribution in [2.75, 3.05) is 6.54 Å². The van der Waals surface area contributed by atoms with Crippen molar-refractivity contribution < 1.29 is 0 Å². The zero-order chi connectivity index (χ0) is 14.4. The summed E-state index contributed by atoms with van der Waals surface area (Å²) in [4.78, 5) is 1.53. The van der Waals surface area contributed by atoms with Gasteiger partial charge in [0.1, 0.15) is 0 Å². The van der Waals surface area contributed by atoms with Crippen LogP contribution in [0.1, 0.15) is 49.1 Å². The lowest BCUT2D eigenvalue weighted by Crippen LogP contribution is -2.28. The van der Waals surface area contributed by atoms with E-state index >= 15 is 0 Å². The molecule has 1 N–H and O–H groups in total. The predicted molar refractivity (Wildman–Crippen MR) is 91.9 cm³/mol. The fourth-order valence-corrected chi connectivity index (χ4v) is 5.89. The maximum absolute atomic E-state index is 3.84. The molecule has 2 saturated carbocycles. The molecule has 0 saturated heterocycles. The highest BCUT2D eigenvalue weighted by molar-refractivity contribution is 7.19. The zero-order valence-electron chi connectivity index (χ0n) is 13.1. The Labute approximate surface area is 131 Å². The van der Waals surface area contributed by atoms with Crippen LogP contribution in [0.3, 0.4) is 0 Å². The maximum atomic E-state index is 3.84. The van der Waals surface area contributed by atoms with Crippen LogP contribution >= 0.6 is 11.3 Å². The van der Waals surface area contributed by atoms with Crippen LogP contribution in [0.15, 0.2) is 24.3 Å². The number of nitrogens with one attached hydrogen (secondary N) is 1. The van der Waals surface area contributed by atoms with Crippen molar-refractivity contribution in [3.05, 3.63) is 34.7 Å². The second-order valence-electron chi connectivity index (χ2n) is 7.15. The van der Waals surface area contributed by atoms with Crippen LogP contribution in [0.5, 0.6) is 0 Å². The first-order chi connectivity index (χ1) is 10.2. The van der Waals surface area contributed by atoms with Crippen molar-refractivity contribution in [1.29, 1.82) is 0 Å². The molecule has 2 bridgehead atoms. The van der Waals surface area contributed by atoms with Crippen LogP contribution in [0.2, 0.25) is 0 Å². The van der Waals surface area contributed by atoms with Crippen LogP contribution in [-0.2, 0) is 0 Å². The van der Waals surface area contributed by atoms with Gasteiger partial charge in [-0.25, -0.2) is 0 Å². The molecule has 2 aliphatic rings. The van der Waals surface area contributed by atoms with Crippen molar-refractivity contribution in [3.63, 3.8) is 0 Å². The summed E-state index contributed by atoms with van der Waals surface area (Å²) in [5.74, 6) is 3.03. The van der Waals surface area contributed by atoms with E-state index in [1.807, 2.05) is 11.3 Å². The second kappa shape index (κ2) is 5.40. The van der Waals surface area contributed by atoms with Crippen molar-refractivity contribution in [2.45, 2.75) is 45.6 Å². The molecule has 4 atom stereocenters. The van der Waals surface area contributed by atoms with Crippen LogP contribution < -0.4 is 5.32 Å². The molecule has 0 spiro atoms. The molecule has 1 aromatic heterocycles. The monoisotopic (exact) mass is 299 g/mol. The zero-order valence-corrected chi connectivity index (χ0v) is 13.9. The van der Waals surface area contributed by atoms with E-state index in [4.69, 9.17) is 0 Å². The molecule has 2 heteroatoms. The van der Waals surface area contributed by atoms with E-state index in [9.17, 15) is 0 Å². The Balaban J connectivity index is 1.46. The summed E-state index contributed by atoms with van der Waals surface area (Å²) in [7, 11) is 0. The fraction of sp³-hybridized carbons (Fsp3) is 0.579. The molecular weight excluding hydrogens is 274 g/mol. The van der Waals surface area contributed by atoms with E-state index in [-0.39, 0.29) is 0 Å². The van der Waals surface area contributed by atoms with Crippen molar-refractivity contribution >= 4 is 21.4 Å². The molecule has 1 aromatic carbocycles. The van der Waals surface area contributed by atoms with E-state index < -0.39 is 0 Å². The van der Waals surface area contributed by atoms with Gasteiger partial charge in [-0.05, 0) is 74.4 Å². The largest absolute Gasteiger partial charge is 0.309 e. The fourth-order valence-electron chi connectivity index (χ4n) is 4.65. The van der Waals surface area contributed by atoms with Crippen LogP contribution in [0.4, 0.5) is 0 Å². The van der Waals surface area contributed by atoms with Gasteiger partial charge < -0.3 is 5.32 Å². The normalized spacial score (nSPS) is 29.3. The second-order valence-corrected chi connectivity index (χ2v) is 8.24. The minimum atomic E-state index is 0.488. The molecule has 0 aliphatic heterocycles. The first-order valence-electron chi connectivity index (χ1n) is 8.43. The molecule has 4 unspecified atom stereocenters. The average Bonchev–Trinajstić information content (AvgIpc) is 3.20. The summed E-state index contributed by atoms with van der Waals surface area (Å²) in [6.45, 7) is 5.84. The van der Waals surface area contributed by atoms with E-state index in [1.165, 1.54) is 52.8 Å². The molecule has 2 aliphatic carbocycles. The van der Waals surface area contributed by atoms with Crippen LogP contribution in [0, 0.1) is 24.7 Å². The summed E-state index contributed by atoms with van der Waals surface area (Å²) in [5.41, 5.74) is 1.48. The number of thiophene rings is 1. The lowest BCUT2D eigenvalue weighted by Gasteiger charge is -2.24. The van der Waals surface area contributed by atoms with Gasteiger partial charge in [0.2, 0.25) is 0 Å². The molecule has 2 fully saturated rings. The SMILES string of the molecule is Cc1c(C(C)NCC2CC3CCC2C3)sc2ccccc12. The molecule has 21 heavy (non-hydrogen) atoms. The summed E-state index contributed by atoms with van der Waals surface area (Å²) >= 11 is 1.97. The van der Waals surface area contributed by atoms with Crippen molar-refractivity contribution in [2.24, 2.45) is 17.8 Å². The minimum absolute atomic E-state index is 0.488. The predicted octanol–water partition coefficient (Wildman–Crippen LogP) is 5.30.